The summed E-state index contributed by atoms with van der Waals surface area (Å²) in [6.07, 6.45) is 1.91. The SMILES string of the molecule is c1ccc(-c2nccc3c2c2ccccc2n3-c2cccc(-c3ccc(-c4ccc5c(-c6ccc7ccccc7c6)c6ccccc6c(-c6ccc7ccccc7c6)c5c4)cc3)n2)cc1. The van der Waals surface area contributed by atoms with Crippen LogP contribution >= 0.6 is 0 Å². The van der Waals surface area contributed by atoms with Gasteiger partial charge in [0.15, 0.2) is 0 Å². The molecule has 13 aromatic rings. The topological polar surface area (TPSA) is 30.7 Å². The molecule has 3 aromatic heterocycles. The molecule has 0 radical (unpaired) electrons. The minimum Gasteiger partial charge on any atom is -0.294 e. The molecule has 0 aliphatic rings. The van der Waals surface area contributed by atoms with Crippen LogP contribution in [0.25, 0.3) is 127 Å². The Hall–Kier alpha value is -8.66. The van der Waals surface area contributed by atoms with E-state index in [1.54, 1.807) is 0 Å². The minimum atomic E-state index is 0.869. The van der Waals surface area contributed by atoms with Crippen molar-refractivity contribution < 1.29 is 0 Å². The van der Waals surface area contributed by atoms with E-state index in [1.165, 1.54) is 70.9 Å². The first kappa shape index (κ1) is 36.9. The van der Waals surface area contributed by atoms with Crippen LogP contribution in [0.5, 0.6) is 0 Å². The number of fused-ring (bicyclic) bond motifs is 7. The van der Waals surface area contributed by atoms with Gasteiger partial charge in [0, 0.05) is 28.1 Å². The third kappa shape index (κ3) is 6.12. The van der Waals surface area contributed by atoms with Crippen LogP contribution in [0, 0.1) is 0 Å². The van der Waals surface area contributed by atoms with Crippen LogP contribution in [0.2, 0.25) is 0 Å². The number of nitrogens with zero attached hydrogens (tertiary/aromatic N) is 3. The van der Waals surface area contributed by atoms with Gasteiger partial charge in [-0.1, -0.05) is 188 Å². The summed E-state index contributed by atoms with van der Waals surface area (Å²) in [5.74, 6) is 0.869. The molecule has 0 amide bonds. The lowest BCUT2D eigenvalue weighted by Gasteiger charge is -2.19. The van der Waals surface area contributed by atoms with Crippen LogP contribution < -0.4 is 0 Å². The van der Waals surface area contributed by atoms with E-state index in [2.05, 4.69) is 229 Å². The molecule has 0 atom stereocenters. The van der Waals surface area contributed by atoms with E-state index >= 15 is 0 Å². The average Bonchev–Trinajstić information content (AvgIpc) is 3.72. The number of aromatic nitrogens is 3. The van der Waals surface area contributed by atoms with Crippen molar-refractivity contribution in [1.29, 1.82) is 0 Å². The zero-order valence-electron chi connectivity index (χ0n) is 35.4. The molecule has 0 saturated carbocycles. The van der Waals surface area contributed by atoms with E-state index < -0.39 is 0 Å². The fourth-order valence-electron chi connectivity index (χ4n) is 10.2. The Labute approximate surface area is 376 Å². The quantitative estimate of drug-likeness (QED) is 0.156. The van der Waals surface area contributed by atoms with Gasteiger partial charge in [0.1, 0.15) is 5.82 Å². The van der Waals surface area contributed by atoms with Gasteiger partial charge in [-0.15, -0.1) is 0 Å². The van der Waals surface area contributed by atoms with Gasteiger partial charge >= 0.3 is 0 Å². The molecule has 3 heteroatoms. The molecular formula is C62H39N3. The van der Waals surface area contributed by atoms with Gasteiger partial charge < -0.3 is 0 Å². The second-order valence-corrected chi connectivity index (χ2v) is 16.9. The molecule has 0 aliphatic heterocycles. The largest absolute Gasteiger partial charge is 0.294 e. The lowest BCUT2D eigenvalue weighted by Crippen LogP contribution is -1.98. The van der Waals surface area contributed by atoms with Gasteiger partial charge in [0.2, 0.25) is 0 Å². The molecule has 3 nitrogen and oxygen atoms in total. The molecule has 3 heterocycles. The third-order valence-corrected chi connectivity index (χ3v) is 13.2. The molecule has 0 N–H and O–H groups in total. The van der Waals surface area contributed by atoms with Gasteiger partial charge in [-0.2, -0.15) is 0 Å². The standard InChI is InChI=1S/C62H39N3/c1-2-15-44(16-3-1)62-61-53-21-10-11-23-56(53)65(57(61)35-36-63-62)58-24-12-22-55(64-58)43-29-25-42(26-30-43)47-33-34-52-54(39-47)60(49-32-28-41-14-5-7-18-46(41)38-49)51-20-9-8-19-50(51)59(52)48-31-27-40-13-4-6-17-45(40)37-48/h1-39H. The number of para-hydroxylation sites is 1. The second kappa shape index (κ2) is 15.0. The molecule has 10 aromatic carbocycles. The summed E-state index contributed by atoms with van der Waals surface area (Å²) >= 11 is 0. The molecule has 65 heavy (non-hydrogen) atoms. The number of pyridine rings is 2. The number of hydrogen-bond donors (Lipinski definition) is 0. The highest BCUT2D eigenvalue weighted by molar-refractivity contribution is 6.23. The van der Waals surface area contributed by atoms with Crippen molar-refractivity contribution in [2.45, 2.75) is 0 Å². The first-order valence-electron chi connectivity index (χ1n) is 22.2. The van der Waals surface area contributed by atoms with Crippen LogP contribution in [0.3, 0.4) is 0 Å². The van der Waals surface area contributed by atoms with Gasteiger partial charge in [-0.3, -0.25) is 9.55 Å². The van der Waals surface area contributed by atoms with Crippen LogP contribution in [-0.4, -0.2) is 14.5 Å². The summed E-state index contributed by atoms with van der Waals surface area (Å²) in [6.45, 7) is 0. The lowest BCUT2D eigenvalue weighted by molar-refractivity contribution is 1.08. The van der Waals surface area contributed by atoms with Crippen molar-refractivity contribution in [3.8, 4) is 61.7 Å². The molecule has 0 unspecified atom stereocenters. The predicted molar refractivity (Wildman–Crippen MR) is 274 cm³/mol. The Morgan fingerprint density at radius 3 is 1.57 bits per heavy atom. The number of rotatable bonds is 6. The highest BCUT2D eigenvalue weighted by Gasteiger charge is 2.20. The van der Waals surface area contributed by atoms with Crippen LogP contribution in [0.15, 0.2) is 237 Å². The van der Waals surface area contributed by atoms with E-state index in [0.29, 0.717) is 0 Å². The van der Waals surface area contributed by atoms with E-state index in [0.717, 1.165) is 55.7 Å². The highest BCUT2D eigenvalue weighted by Crippen LogP contribution is 2.46. The summed E-state index contributed by atoms with van der Waals surface area (Å²) in [7, 11) is 0. The van der Waals surface area contributed by atoms with Crippen LogP contribution in [-0.2, 0) is 0 Å². The molecule has 0 fully saturated rings. The van der Waals surface area contributed by atoms with Gasteiger partial charge in [-0.25, -0.2) is 4.98 Å². The molecule has 302 valence electrons. The van der Waals surface area contributed by atoms with Crippen molar-refractivity contribution >= 4 is 64.9 Å². The van der Waals surface area contributed by atoms with Gasteiger partial charge in [0.25, 0.3) is 0 Å². The maximum atomic E-state index is 5.33. The average molecular weight is 826 g/mol. The predicted octanol–water partition coefficient (Wildman–Crippen LogP) is 16.5. The summed E-state index contributed by atoms with van der Waals surface area (Å²) in [5.41, 5.74) is 13.5. The normalized spacial score (nSPS) is 11.7. The third-order valence-electron chi connectivity index (χ3n) is 13.2. The Kier molecular flexibility index (Phi) is 8.53. The smallest absolute Gasteiger partial charge is 0.138 e. The highest BCUT2D eigenvalue weighted by atomic mass is 15.1. The first-order valence-corrected chi connectivity index (χ1v) is 22.2. The fraction of sp³-hybridized carbons (Fsp3) is 0. The van der Waals surface area contributed by atoms with Crippen molar-refractivity contribution in [3.63, 3.8) is 0 Å². The summed E-state index contributed by atoms with van der Waals surface area (Å²) < 4.78 is 2.27. The first-order chi connectivity index (χ1) is 32.2. The zero-order valence-corrected chi connectivity index (χ0v) is 35.4. The molecule has 0 saturated heterocycles. The van der Waals surface area contributed by atoms with Crippen molar-refractivity contribution in [1.82, 2.24) is 14.5 Å². The van der Waals surface area contributed by atoms with E-state index in [9.17, 15) is 0 Å². The summed E-state index contributed by atoms with van der Waals surface area (Å²) in [6, 6.07) is 83.4. The molecule has 0 bridgehead atoms. The second-order valence-electron chi connectivity index (χ2n) is 16.9. The Balaban J connectivity index is 0.947. The maximum Gasteiger partial charge on any atom is 0.138 e. The molecule has 0 aliphatic carbocycles. The van der Waals surface area contributed by atoms with Gasteiger partial charge in [-0.05, 0) is 119 Å². The monoisotopic (exact) mass is 825 g/mol. The van der Waals surface area contributed by atoms with Crippen LogP contribution in [0.4, 0.5) is 0 Å². The Morgan fingerprint density at radius 1 is 0.308 bits per heavy atom. The number of hydrogen-bond acceptors (Lipinski definition) is 2. The fourth-order valence-corrected chi connectivity index (χ4v) is 10.2. The minimum absolute atomic E-state index is 0.869. The van der Waals surface area contributed by atoms with Crippen LogP contribution in [0.1, 0.15) is 0 Å². The van der Waals surface area contributed by atoms with Crippen molar-refractivity contribution in [2.75, 3.05) is 0 Å². The van der Waals surface area contributed by atoms with Crippen molar-refractivity contribution in [2.24, 2.45) is 0 Å². The molecule has 13 rings (SSSR count). The van der Waals surface area contributed by atoms with E-state index in [1.807, 2.05) is 12.3 Å². The zero-order chi connectivity index (χ0) is 42.8. The number of benzene rings is 10. The Morgan fingerprint density at radius 2 is 0.862 bits per heavy atom. The molecule has 0 spiro atoms. The maximum absolute atomic E-state index is 5.33. The summed E-state index contributed by atoms with van der Waals surface area (Å²) in [4.78, 5) is 10.2. The Bertz CT molecular complexity index is 3990. The molecular weight excluding hydrogens is 787 g/mol. The lowest BCUT2D eigenvalue weighted by atomic mass is 9.84. The van der Waals surface area contributed by atoms with Gasteiger partial charge in [0.05, 0.1) is 22.4 Å². The van der Waals surface area contributed by atoms with Crippen molar-refractivity contribution in [3.05, 3.63) is 237 Å². The van der Waals surface area contributed by atoms with E-state index in [-0.39, 0.29) is 0 Å². The van der Waals surface area contributed by atoms with E-state index in [4.69, 9.17) is 9.97 Å². The summed E-state index contributed by atoms with van der Waals surface area (Å²) in [5, 5.41) is 12.2.